The zero-order valence-electron chi connectivity index (χ0n) is 60.8. The Kier molecular flexibility index (Phi) is 15.2. The summed E-state index contributed by atoms with van der Waals surface area (Å²) in [6.07, 6.45) is 0. The maximum Gasteiger partial charge on any atom is 0.0979 e. The predicted octanol–water partition coefficient (Wildman–Crippen LogP) is 28.0. The Balaban J connectivity index is 0.000000138. The van der Waals surface area contributed by atoms with Gasteiger partial charge in [0.05, 0.1) is 78.3 Å². The molecule has 19 aromatic carbocycles. The molecule has 23 aromatic rings. The number of hydrogen-bond acceptors (Lipinski definition) is 4. The number of hydrogen-bond donors (Lipinski definition) is 0. The van der Waals surface area contributed by atoms with E-state index in [1.54, 1.807) is 0 Å². The lowest BCUT2D eigenvalue weighted by atomic mass is 9.92. The molecule has 0 radical (unpaired) electrons. The standard InChI is InChI=1S/C56H35N3.C50H31N3/c1-3-15-36(16-4-1)40-33-41(37-17-5-2-6-18-37)35-42(34-40)55-56(58-49-27-12-11-26-48(49)57-55)47-25-13-24-46-45(47)23-14-28-50(46)59-51-31-29-38-19-7-9-21-43(38)53(51)54-44-22-10-8-20-39(44)30-32-52(54)59;1-2-13-32(14-3-1)35-17-10-18-36(31-35)49-50(52-43-25-9-8-24-42(43)51-49)41-23-11-22-40-39(41)21-12-26-44(40)53-45-29-27-33-15-4-6-19-37(33)47(45)48-38-20-7-5-16-34(38)28-30-46(48)53/h1-35H;1-31H. The molecule has 4 heterocycles. The Hall–Kier alpha value is -15.0. The lowest BCUT2D eigenvalue weighted by molar-refractivity contribution is 1.20. The molecule has 112 heavy (non-hydrogen) atoms. The van der Waals surface area contributed by atoms with Crippen molar-refractivity contribution in [3.63, 3.8) is 0 Å². The molecule has 0 unspecified atom stereocenters. The van der Waals surface area contributed by atoms with Crippen molar-refractivity contribution in [3.8, 4) is 89.8 Å². The van der Waals surface area contributed by atoms with E-state index in [1.165, 1.54) is 92.3 Å². The fourth-order valence-electron chi connectivity index (χ4n) is 17.6. The third kappa shape index (κ3) is 10.6. The third-order valence-electron chi connectivity index (χ3n) is 22.7. The van der Waals surface area contributed by atoms with Crippen molar-refractivity contribution >= 4 is 130 Å². The van der Waals surface area contributed by atoms with Crippen molar-refractivity contribution in [2.75, 3.05) is 0 Å². The first-order valence-corrected chi connectivity index (χ1v) is 38.2. The Bertz CT molecular complexity index is 7510. The van der Waals surface area contributed by atoms with Crippen LogP contribution in [0.1, 0.15) is 0 Å². The monoisotopic (exact) mass is 1420 g/mol. The maximum atomic E-state index is 5.47. The van der Waals surface area contributed by atoms with Crippen LogP contribution in [0.25, 0.3) is 220 Å². The van der Waals surface area contributed by atoms with Crippen molar-refractivity contribution in [3.05, 3.63) is 400 Å². The van der Waals surface area contributed by atoms with Crippen LogP contribution in [0.5, 0.6) is 0 Å². The van der Waals surface area contributed by atoms with Gasteiger partial charge in [0.1, 0.15) is 0 Å². The average molecular weight is 1420 g/mol. The molecule has 0 saturated carbocycles. The Morgan fingerprint density at radius 1 is 0.161 bits per heavy atom. The summed E-state index contributed by atoms with van der Waals surface area (Å²) in [5.41, 5.74) is 25.0. The smallest absolute Gasteiger partial charge is 0.0979 e. The van der Waals surface area contributed by atoms with Crippen LogP contribution in [-0.2, 0) is 0 Å². The summed E-state index contributed by atoms with van der Waals surface area (Å²) in [7, 11) is 0. The average Bonchev–Trinajstić information content (AvgIpc) is 1.55. The van der Waals surface area contributed by atoms with Gasteiger partial charge in [0.2, 0.25) is 0 Å². The zero-order chi connectivity index (χ0) is 73.7. The summed E-state index contributed by atoms with van der Waals surface area (Å²) in [5.74, 6) is 0. The van der Waals surface area contributed by atoms with Crippen LogP contribution in [-0.4, -0.2) is 29.1 Å². The molecule has 520 valence electrons. The summed E-state index contributed by atoms with van der Waals surface area (Å²) in [4.78, 5) is 21.6. The largest absolute Gasteiger partial charge is 0.309 e. The van der Waals surface area contributed by atoms with E-state index in [2.05, 4.69) is 379 Å². The molecule has 0 bridgehead atoms. The molecule has 4 aromatic heterocycles. The summed E-state index contributed by atoms with van der Waals surface area (Å²) < 4.78 is 4.93. The normalized spacial score (nSPS) is 11.8. The minimum absolute atomic E-state index is 0.853. The van der Waals surface area contributed by atoms with Gasteiger partial charge in [-0.3, -0.25) is 0 Å². The number of aromatic nitrogens is 6. The Labute approximate surface area is 645 Å². The first-order valence-electron chi connectivity index (χ1n) is 38.2. The van der Waals surface area contributed by atoms with Crippen molar-refractivity contribution in [2.24, 2.45) is 0 Å². The number of para-hydroxylation sites is 4. The highest BCUT2D eigenvalue weighted by Crippen LogP contribution is 2.47. The van der Waals surface area contributed by atoms with Crippen LogP contribution in [0.3, 0.4) is 0 Å². The van der Waals surface area contributed by atoms with E-state index in [0.717, 1.165) is 128 Å². The number of benzene rings is 19. The van der Waals surface area contributed by atoms with Gasteiger partial charge in [-0.25, -0.2) is 19.9 Å². The van der Waals surface area contributed by atoms with E-state index in [4.69, 9.17) is 19.9 Å². The van der Waals surface area contributed by atoms with Gasteiger partial charge in [-0.15, -0.1) is 0 Å². The second-order valence-corrected chi connectivity index (χ2v) is 29.0. The molecule has 0 saturated heterocycles. The van der Waals surface area contributed by atoms with Gasteiger partial charge in [0, 0.05) is 54.6 Å². The van der Waals surface area contributed by atoms with E-state index in [0.29, 0.717) is 0 Å². The second-order valence-electron chi connectivity index (χ2n) is 29.0. The fourth-order valence-corrected chi connectivity index (χ4v) is 17.6. The molecule has 6 heteroatoms. The molecular weight excluding hydrogens is 1360 g/mol. The van der Waals surface area contributed by atoms with Crippen LogP contribution in [0.4, 0.5) is 0 Å². The van der Waals surface area contributed by atoms with Gasteiger partial charge in [-0.1, -0.05) is 315 Å². The highest BCUT2D eigenvalue weighted by Gasteiger charge is 2.25. The van der Waals surface area contributed by atoms with Crippen molar-refractivity contribution in [2.45, 2.75) is 0 Å². The van der Waals surface area contributed by atoms with Crippen LogP contribution < -0.4 is 0 Å². The van der Waals surface area contributed by atoms with Crippen molar-refractivity contribution in [1.29, 1.82) is 0 Å². The van der Waals surface area contributed by atoms with E-state index >= 15 is 0 Å². The first kappa shape index (κ1) is 64.2. The molecular formula is C106H66N6. The molecule has 0 spiro atoms. The lowest BCUT2D eigenvalue weighted by Gasteiger charge is -2.17. The van der Waals surface area contributed by atoms with Gasteiger partial charge in [-0.2, -0.15) is 0 Å². The first-order chi connectivity index (χ1) is 55.6. The van der Waals surface area contributed by atoms with Crippen LogP contribution in [0, 0.1) is 0 Å². The highest BCUT2D eigenvalue weighted by molar-refractivity contribution is 6.30. The van der Waals surface area contributed by atoms with Gasteiger partial charge in [0.15, 0.2) is 0 Å². The minimum Gasteiger partial charge on any atom is -0.309 e. The van der Waals surface area contributed by atoms with Crippen molar-refractivity contribution < 1.29 is 0 Å². The van der Waals surface area contributed by atoms with Gasteiger partial charge >= 0.3 is 0 Å². The number of rotatable bonds is 9. The molecule has 23 rings (SSSR count). The van der Waals surface area contributed by atoms with Crippen LogP contribution in [0.15, 0.2) is 400 Å². The zero-order valence-corrected chi connectivity index (χ0v) is 60.8. The number of nitrogens with zero attached hydrogens (tertiary/aromatic N) is 6. The molecule has 0 amide bonds. The summed E-state index contributed by atoms with van der Waals surface area (Å²) in [6, 6.07) is 143. The molecule has 0 atom stereocenters. The van der Waals surface area contributed by atoms with E-state index in [1.807, 2.05) is 30.3 Å². The topological polar surface area (TPSA) is 61.4 Å². The van der Waals surface area contributed by atoms with Gasteiger partial charge in [0.25, 0.3) is 0 Å². The minimum atomic E-state index is 0.853. The van der Waals surface area contributed by atoms with E-state index in [-0.39, 0.29) is 0 Å². The fraction of sp³-hybridized carbons (Fsp3) is 0. The molecule has 6 nitrogen and oxygen atoms in total. The number of fused-ring (bicyclic) bond motifs is 18. The van der Waals surface area contributed by atoms with Crippen LogP contribution in [0.2, 0.25) is 0 Å². The molecule has 0 fully saturated rings. The van der Waals surface area contributed by atoms with Gasteiger partial charge < -0.3 is 9.13 Å². The molecule has 0 N–H and O–H groups in total. The Morgan fingerprint density at radius 2 is 0.429 bits per heavy atom. The predicted molar refractivity (Wildman–Crippen MR) is 471 cm³/mol. The second kappa shape index (κ2) is 26.5. The van der Waals surface area contributed by atoms with Crippen LogP contribution >= 0.6 is 0 Å². The van der Waals surface area contributed by atoms with E-state index < -0.39 is 0 Å². The van der Waals surface area contributed by atoms with E-state index in [9.17, 15) is 0 Å². The molecule has 0 aliphatic carbocycles. The quantitative estimate of drug-likeness (QED) is 0.144. The summed E-state index contributed by atoms with van der Waals surface area (Å²) in [6.45, 7) is 0. The maximum absolute atomic E-state index is 5.47. The van der Waals surface area contributed by atoms with Crippen molar-refractivity contribution in [1.82, 2.24) is 29.1 Å². The SMILES string of the molecule is c1ccc(-c2cc(-c3ccccc3)cc(-c3nc4ccccc4nc3-c3cccc4c(-n5c6ccc7ccccc7c6c6c7ccccc7ccc65)cccc34)c2)cc1.c1ccc(-c2cccc(-c3nc4ccccc4nc3-c3cccc4c(-n5c6ccc7ccccc7c6c6c7ccccc7ccc65)cccc34)c2)cc1. The molecule has 0 aliphatic rings. The summed E-state index contributed by atoms with van der Waals surface area (Å²) >= 11 is 0. The van der Waals surface area contributed by atoms with Gasteiger partial charge in [-0.05, 0) is 172 Å². The highest BCUT2D eigenvalue weighted by atomic mass is 15.0. The summed E-state index contributed by atoms with van der Waals surface area (Å²) in [5, 5.41) is 19.7. The Morgan fingerprint density at radius 3 is 0.821 bits per heavy atom. The lowest BCUT2D eigenvalue weighted by Crippen LogP contribution is -1.99. The molecule has 0 aliphatic heterocycles. The third-order valence-corrected chi connectivity index (χ3v) is 22.7.